The topological polar surface area (TPSA) is 66.4 Å². The first-order valence-electron chi connectivity index (χ1n) is 6.71. The molecule has 0 bridgehead atoms. The van der Waals surface area contributed by atoms with Crippen LogP contribution in [0.15, 0.2) is 42.5 Å². The van der Waals surface area contributed by atoms with E-state index in [2.05, 4.69) is 12.6 Å². The number of hydrogen-bond acceptors (Lipinski definition) is 5. The first kappa shape index (κ1) is 16.1. The molecule has 0 fully saturated rings. The molecular weight excluding hydrogens is 300 g/mol. The van der Waals surface area contributed by atoms with Gasteiger partial charge in [0.1, 0.15) is 0 Å². The molecule has 0 amide bonds. The number of carboxylic acid groups (broad SMARTS) is 1. The Labute approximate surface area is 134 Å². The minimum absolute atomic E-state index is 0.0629. The summed E-state index contributed by atoms with van der Waals surface area (Å²) in [6.45, 7) is 0. The Hall–Kier alpha value is -2.27. The Balaban J connectivity index is 2.64. The number of hydrogen-bond donors (Lipinski definition) is 1. The molecule has 0 saturated heterocycles. The molecule has 0 spiro atoms. The summed E-state index contributed by atoms with van der Waals surface area (Å²) in [6, 6.07) is 11.7. The molecule has 0 aliphatic carbocycles. The number of thiol groups is 1. The summed E-state index contributed by atoms with van der Waals surface area (Å²) in [7, 11) is 1.32. The standard InChI is InChI=1S/C17H16O4S/c1-21-17(20)15-11(8-9-22)4-3-7-14(15)12-5-2-6-13(10-12)16(18)19/h2-7,10,22H,8-9H2,1H3,(H,18,19)/p-1. The second-order valence-corrected chi connectivity index (χ2v) is 5.12. The fourth-order valence-electron chi connectivity index (χ4n) is 2.33. The van der Waals surface area contributed by atoms with E-state index in [-0.39, 0.29) is 5.56 Å². The average molecular weight is 315 g/mol. The van der Waals surface area contributed by atoms with Gasteiger partial charge in [0.25, 0.3) is 0 Å². The monoisotopic (exact) mass is 315 g/mol. The van der Waals surface area contributed by atoms with Gasteiger partial charge in [-0.1, -0.05) is 36.4 Å². The van der Waals surface area contributed by atoms with Crippen molar-refractivity contribution < 1.29 is 19.4 Å². The summed E-state index contributed by atoms with van der Waals surface area (Å²) < 4.78 is 4.87. The van der Waals surface area contributed by atoms with Gasteiger partial charge in [-0.2, -0.15) is 12.6 Å². The van der Waals surface area contributed by atoms with Crippen molar-refractivity contribution in [1.29, 1.82) is 0 Å². The first-order valence-corrected chi connectivity index (χ1v) is 7.34. The van der Waals surface area contributed by atoms with E-state index in [1.165, 1.54) is 19.2 Å². The Kier molecular flexibility index (Phi) is 5.22. The number of ether oxygens (including phenoxy) is 1. The fraction of sp³-hybridized carbons (Fsp3) is 0.176. The number of esters is 1. The lowest BCUT2D eigenvalue weighted by Crippen LogP contribution is -2.22. The third-order valence-corrected chi connectivity index (χ3v) is 3.55. The van der Waals surface area contributed by atoms with Gasteiger partial charge < -0.3 is 14.6 Å². The van der Waals surface area contributed by atoms with Crippen molar-refractivity contribution >= 4 is 24.6 Å². The molecule has 5 heteroatoms. The number of rotatable bonds is 5. The number of benzene rings is 2. The largest absolute Gasteiger partial charge is 0.545 e. The van der Waals surface area contributed by atoms with Crippen molar-refractivity contribution in [3.8, 4) is 11.1 Å². The van der Waals surface area contributed by atoms with E-state index in [0.29, 0.717) is 28.9 Å². The van der Waals surface area contributed by atoms with Gasteiger partial charge in [-0.3, -0.25) is 0 Å². The number of aromatic carboxylic acids is 1. The normalized spacial score (nSPS) is 10.3. The van der Waals surface area contributed by atoms with Gasteiger partial charge in [0.15, 0.2) is 0 Å². The smallest absolute Gasteiger partial charge is 0.338 e. The highest BCUT2D eigenvalue weighted by atomic mass is 32.1. The molecule has 22 heavy (non-hydrogen) atoms. The second kappa shape index (κ2) is 7.13. The Morgan fingerprint density at radius 2 is 1.91 bits per heavy atom. The zero-order valence-corrected chi connectivity index (χ0v) is 12.9. The molecule has 2 aromatic carbocycles. The van der Waals surface area contributed by atoms with E-state index in [1.807, 2.05) is 12.1 Å². The maximum atomic E-state index is 12.1. The maximum absolute atomic E-state index is 12.1. The minimum Gasteiger partial charge on any atom is -0.545 e. The molecule has 2 rings (SSSR count). The maximum Gasteiger partial charge on any atom is 0.338 e. The molecule has 0 radical (unpaired) electrons. The molecule has 0 unspecified atom stereocenters. The van der Waals surface area contributed by atoms with E-state index in [4.69, 9.17) is 4.74 Å². The van der Waals surface area contributed by atoms with Crippen molar-refractivity contribution in [2.75, 3.05) is 12.9 Å². The van der Waals surface area contributed by atoms with E-state index in [1.54, 1.807) is 18.2 Å². The lowest BCUT2D eigenvalue weighted by molar-refractivity contribution is -0.255. The molecule has 0 N–H and O–H groups in total. The predicted molar refractivity (Wildman–Crippen MR) is 85.1 cm³/mol. The molecule has 0 atom stereocenters. The van der Waals surface area contributed by atoms with Crippen molar-refractivity contribution in [3.63, 3.8) is 0 Å². The molecule has 0 saturated carbocycles. The third-order valence-electron chi connectivity index (χ3n) is 3.33. The molecular formula is C17H15O4S-. The fourth-order valence-corrected chi connectivity index (χ4v) is 2.57. The number of methoxy groups -OCH3 is 1. The van der Waals surface area contributed by atoms with E-state index < -0.39 is 11.9 Å². The summed E-state index contributed by atoms with van der Waals surface area (Å²) in [4.78, 5) is 23.2. The van der Waals surface area contributed by atoms with Crippen LogP contribution < -0.4 is 5.11 Å². The highest BCUT2D eigenvalue weighted by molar-refractivity contribution is 7.80. The average Bonchev–Trinajstić information content (AvgIpc) is 2.54. The SMILES string of the molecule is COC(=O)c1c(CCS)cccc1-c1cccc(C(=O)[O-])c1. The lowest BCUT2D eigenvalue weighted by atomic mass is 9.93. The van der Waals surface area contributed by atoms with Gasteiger partial charge in [-0.15, -0.1) is 0 Å². The van der Waals surface area contributed by atoms with Crippen LogP contribution in [0.5, 0.6) is 0 Å². The quantitative estimate of drug-likeness (QED) is 0.677. The van der Waals surface area contributed by atoms with Crippen LogP contribution in [0.25, 0.3) is 11.1 Å². The van der Waals surface area contributed by atoms with Crippen molar-refractivity contribution in [2.45, 2.75) is 6.42 Å². The zero-order valence-electron chi connectivity index (χ0n) is 12.0. The molecule has 114 valence electrons. The first-order chi connectivity index (χ1) is 10.6. The van der Waals surface area contributed by atoms with Gasteiger partial charge in [0, 0.05) is 0 Å². The Morgan fingerprint density at radius 1 is 1.18 bits per heavy atom. The summed E-state index contributed by atoms with van der Waals surface area (Å²) in [5, 5.41) is 11.0. The van der Waals surface area contributed by atoms with Gasteiger partial charge >= 0.3 is 5.97 Å². The van der Waals surface area contributed by atoms with Crippen LogP contribution in [-0.2, 0) is 11.2 Å². The zero-order chi connectivity index (χ0) is 16.1. The molecule has 2 aromatic rings. The molecule has 0 aliphatic heterocycles. The highest BCUT2D eigenvalue weighted by Gasteiger charge is 2.17. The molecule has 0 aromatic heterocycles. The summed E-state index contributed by atoms with van der Waals surface area (Å²) in [5.74, 6) is -1.12. The van der Waals surface area contributed by atoms with Gasteiger partial charge in [0.05, 0.1) is 18.6 Å². The van der Waals surface area contributed by atoms with Crippen LogP contribution in [0.3, 0.4) is 0 Å². The minimum atomic E-state index is -1.26. The number of aryl methyl sites for hydroxylation is 1. The van der Waals surface area contributed by atoms with Crippen molar-refractivity contribution in [1.82, 2.24) is 0 Å². The second-order valence-electron chi connectivity index (χ2n) is 4.67. The van der Waals surface area contributed by atoms with E-state index in [0.717, 1.165) is 5.56 Å². The molecule has 0 heterocycles. The van der Waals surface area contributed by atoms with Gasteiger partial charge in [0.2, 0.25) is 0 Å². The van der Waals surface area contributed by atoms with Crippen LogP contribution >= 0.6 is 12.6 Å². The summed E-state index contributed by atoms with van der Waals surface area (Å²) in [6.07, 6.45) is 0.613. The number of carbonyl (C=O) groups excluding carboxylic acids is 2. The van der Waals surface area contributed by atoms with E-state index in [9.17, 15) is 14.7 Å². The van der Waals surface area contributed by atoms with Crippen molar-refractivity contribution in [3.05, 3.63) is 59.2 Å². The van der Waals surface area contributed by atoms with Crippen LogP contribution in [-0.4, -0.2) is 24.8 Å². The van der Waals surface area contributed by atoms with Crippen molar-refractivity contribution in [2.24, 2.45) is 0 Å². The predicted octanol–water partition coefficient (Wildman–Crippen LogP) is 1.98. The molecule has 4 nitrogen and oxygen atoms in total. The van der Waals surface area contributed by atoms with Gasteiger partial charge in [-0.25, -0.2) is 4.79 Å². The summed E-state index contributed by atoms with van der Waals surface area (Å²) >= 11 is 4.20. The van der Waals surface area contributed by atoms with Crippen LogP contribution in [0, 0.1) is 0 Å². The Bertz CT molecular complexity index is 710. The van der Waals surface area contributed by atoms with E-state index >= 15 is 0 Å². The number of carboxylic acids is 1. The third kappa shape index (κ3) is 3.31. The number of carbonyl (C=O) groups is 2. The molecule has 0 aliphatic rings. The Morgan fingerprint density at radius 3 is 2.55 bits per heavy atom. The van der Waals surface area contributed by atoms with Crippen LogP contribution in [0.2, 0.25) is 0 Å². The lowest BCUT2D eigenvalue weighted by Gasteiger charge is -2.14. The highest BCUT2D eigenvalue weighted by Crippen LogP contribution is 2.28. The van der Waals surface area contributed by atoms with Gasteiger partial charge in [-0.05, 0) is 40.5 Å². The summed E-state index contributed by atoms with van der Waals surface area (Å²) in [5.41, 5.74) is 2.58. The van der Waals surface area contributed by atoms with Crippen LogP contribution in [0.4, 0.5) is 0 Å². The van der Waals surface area contributed by atoms with Crippen LogP contribution in [0.1, 0.15) is 26.3 Å².